The minimum atomic E-state index is -0.891. The Hall–Kier alpha value is -1.63. The van der Waals surface area contributed by atoms with E-state index in [9.17, 15) is 14.4 Å². The Morgan fingerprint density at radius 3 is 1.92 bits per heavy atom. The van der Waals surface area contributed by atoms with Crippen LogP contribution in [0.2, 0.25) is 0 Å². The number of ether oxygens (including phenoxy) is 4. The summed E-state index contributed by atoms with van der Waals surface area (Å²) in [6.07, 6.45) is 0.0903. The van der Waals surface area contributed by atoms with Crippen LogP contribution in [0.1, 0.15) is 59.3 Å². The predicted molar refractivity (Wildman–Crippen MR) is 84.6 cm³/mol. The van der Waals surface area contributed by atoms with Gasteiger partial charge in [-0.1, -0.05) is 20.8 Å². The predicted octanol–water partition coefficient (Wildman–Crippen LogP) is 2.31. The summed E-state index contributed by atoms with van der Waals surface area (Å²) in [5, 5.41) is 0. The lowest BCUT2D eigenvalue weighted by Gasteiger charge is -2.35. The molecule has 0 spiro atoms. The molecule has 0 bridgehead atoms. The van der Waals surface area contributed by atoms with Crippen LogP contribution in [-0.2, 0) is 33.3 Å². The van der Waals surface area contributed by atoms with Crippen LogP contribution in [0.4, 0.5) is 0 Å². The summed E-state index contributed by atoms with van der Waals surface area (Å²) in [6, 6.07) is 0. The van der Waals surface area contributed by atoms with Crippen LogP contribution in [0.25, 0.3) is 0 Å². The van der Waals surface area contributed by atoms with E-state index in [1.165, 1.54) is 6.61 Å². The van der Waals surface area contributed by atoms with E-state index in [4.69, 9.17) is 18.9 Å². The number of rotatable bonds is 9. The lowest BCUT2D eigenvalue weighted by Crippen LogP contribution is -2.51. The first kappa shape index (κ1) is 20.4. The first-order chi connectivity index (χ1) is 11.5. The molecule has 0 aromatic rings. The van der Waals surface area contributed by atoms with Crippen LogP contribution in [0, 0.1) is 6.61 Å². The van der Waals surface area contributed by atoms with E-state index < -0.39 is 36.2 Å². The SMILES string of the molecule is CCCC(=O)O[C@H]1[C@H](OC(=O)CCC)[CH]OC[C@H]1OC(=O)CCC. The summed E-state index contributed by atoms with van der Waals surface area (Å²) < 4.78 is 21.3. The molecule has 0 N–H and O–H groups in total. The van der Waals surface area contributed by atoms with Crippen molar-refractivity contribution in [3.63, 3.8) is 0 Å². The van der Waals surface area contributed by atoms with Gasteiger partial charge in [0.25, 0.3) is 0 Å². The molecule has 24 heavy (non-hydrogen) atoms. The second-order valence-corrected chi connectivity index (χ2v) is 5.66. The maximum atomic E-state index is 11.9. The fourth-order valence-electron chi connectivity index (χ4n) is 2.23. The molecule has 0 aliphatic carbocycles. The Kier molecular flexibility index (Phi) is 9.37. The molecular formula is C17H27O7. The van der Waals surface area contributed by atoms with Gasteiger partial charge in [-0.05, 0) is 19.3 Å². The summed E-state index contributed by atoms with van der Waals surface area (Å²) >= 11 is 0. The van der Waals surface area contributed by atoms with Crippen molar-refractivity contribution in [2.75, 3.05) is 6.61 Å². The first-order valence-electron chi connectivity index (χ1n) is 8.55. The normalized spacial score (nSPS) is 23.4. The van der Waals surface area contributed by atoms with Crippen molar-refractivity contribution in [3.05, 3.63) is 6.61 Å². The Bertz CT molecular complexity index is 393. The van der Waals surface area contributed by atoms with Crippen LogP contribution < -0.4 is 0 Å². The smallest absolute Gasteiger partial charge is 0.306 e. The third kappa shape index (κ3) is 6.86. The molecule has 0 saturated carbocycles. The third-order valence-electron chi connectivity index (χ3n) is 3.36. The van der Waals surface area contributed by atoms with Crippen molar-refractivity contribution >= 4 is 17.9 Å². The third-order valence-corrected chi connectivity index (χ3v) is 3.36. The zero-order chi connectivity index (χ0) is 17.9. The molecule has 3 atom stereocenters. The number of hydrogen-bond donors (Lipinski definition) is 0. The topological polar surface area (TPSA) is 88.1 Å². The highest BCUT2D eigenvalue weighted by atomic mass is 16.6. The average molecular weight is 343 g/mol. The van der Waals surface area contributed by atoms with Gasteiger partial charge >= 0.3 is 17.9 Å². The quantitative estimate of drug-likeness (QED) is 0.469. The van der Waals surface area contributed by atoms with Gasteiger partial charge in [-0.25, -0.2) is 0 Å². The first-order valence-corrected chi connectivity index (χ1v) is 8.55. The number of carbonyl (C=O) groups is 3. The molecule has 1 heterocycles. The van der Waals surface area contributed by atoms with Gasteiger partial charge in [-0.15, -0.1) is 0 Å². The molecule has 0 aromatic carbocycles. The van der Waals surface area contributed by atoms with Gasteiger partial charge in [0.05, 0.1) is 6.61 Å². The molecule has 0 amide bonds. The second kappa shape index (κ2) is 11.0. The molecule has 0 unspecified atom stereocenters. The molecular weight excluding hydrogens is 316 g/mol. The molecule has 0 aromatic heterocycles. The van der Waals surface area contributed by atoms with Crippen molar-refractivity contribution < 1.29 is 33.3 Å². The largest absolute Gasteiger partial charge is 0.456 e. The maximum absolute atomic E-state index is 11.9. The highest BCUT2D eigenvalue weighted by Crippen LogP contribution is 2.23. The Labute approximate surface area is 143 Å². The molecule has 1 radical (unpaired) electrons. The van der Waals surface area contributed by atoms with Crippen LogP contribution in [0.5, 0.6) is 0 Å². The molecule has 7 heteroatoms. The maximum Gasteiger partial charge on any atom is 0.306 e. The number of hydrogen-bond acceptors (Lipinski definition) is 7. The fraction of sp³-hybridized carbons (Fsp3) is 0.765. The molecule has 1 fully saturated rings. The average Bonchev–Trinajstić information content (AvgIpc) is 2.51. The molecule has 1 rings (SSSR count). The van der Waals surface area contributed by atoms with E-state index in [1.807, 2.05) is 20.8 Å². The Morgan fingerprint density at radius 2 is 1.38 bits per heavy atom. The summed E-state index contributed by atoms with van der Waals surface area (Å²) in [5.74, 6) is -1.24. The zero-order valence-corrected chi connectivity index (χ0v) is 14.6. The van der Waals surface area contributed by atoms with E-state index in [1.54, 1.807) is 0 Å². The monoisotopic (exact) mass is 343 g/mol. The van der Waals surface area contributed by atoms with Gasteiger partial charge in [0.2, 0.25) is 0 Å². The van der Waals surface area contributed by atoms with Gasteiger partial charge in [0, 0.05) is 19.3 Å². The molecule has 1 aliphatic rings. The summed E-state index contributed by atoms with van der Waals surface area (Å²) in [6.45, 7) is 6.95. The van der Waals surface area contributed by atoms with Crippen molar-refractivity contribution in [1.29, 1.82) is 0 Å². The van der Waals surface area contributed by atoms with Crippen molar-refractivity contribution in [2.24, 2.45) is 0 Å². The van der Waals surface area contributed by atoms with Gasteiger partial charge in [0.15, 0.2) is 18.3 Å². The van der Waals surface area contributed by atoms with Crippen LogP contribution in [0.15, 0.2) is 0 Å². The Morgan fingerprint density at radius 1 is 0.875 bits per heavy atom. The summed E-state index contributed by atoms with van der Waals surface area (Å²) in [4.78, 5) is 35.4. The van der Waals surface area contributed by atoms with E-state index in [0.717, 1.165) is 0 Å². The van der Waals surface area contributed by atoms with Gasteiger partial charge in [0.1, 0.15) is 6.61 Å². The lowest BCUT2D eigenvalue weighted by molar-refractivity contribution is -0.201. The zero-order valence-electron chi connectivity index (χ0n) is 14.6. The van der Waals surface area contributed by atoms with Crippen LogP contribution >= 0.6 is 0 Å². The van der Waals surface area contributed by atoms with Crippen molar-refractivity contribution in [1.82, 2.24) is 0 Å². The molecule has 7 nitrogen and oxygen atoms in total. The minimum Gasteiger partial charge on any atom is -0.456 e. The van der Waals surface area contributed by atoms with Gasteiger partial charge < -0.3 is 18.9 Å². The van der Waals surface area contributed by atoms with Crippen molar-refractivity contribution in [2.45, 2.75) is 77.6 Å². The fourth-order valence-corrected chi connectivity index (χ4v) is 2.23. The molecule has 137 valence electrons. The van der Waals surface area contributed by atoms with E-state index in [2.05, 4.69) is 0 Å². The second-order valence-electron chi connectivity index (χ2n) is 5.66. The van der Waals surface area contributed by atoms with Crippen molar-refractivity contribution in [3.8, 4) is 0 Å². The minimum absolute atomic E-state index is 0.0569. The highest BCUT2D eigenvalue weighted by molar-refractivity contribution is 5.71. The Balaban J connectivity index is 2.80. The van der Waals surface area contributed by atoms with E-state index in [-0.39, 0.29) is 25.9 Å². The standard InChI is InChI=1S/C17H27O7/c1-4-7-14(18)22-12-10-21-11-13(23-15(19)8-5-2)17(12)24-16(20)9-6-3/h10,12-13,17H,4-9,11H2,1-3H3/t12-,13-,17+/m1/s1. The van der Waals surface area contributed by atoms with E-state index in [0.29, 0.717) is 19.3 Å². The molecule has 1 aliphatic heterocycles. The number of esters is 3. The van der Waals surface area contributed by atoms with E-state index >= 15 is 0 Å². The van der Waals surface area contributed by atoms with Gasteiger partial charge in [-0.3, -0.25) is 14.4 Å². The lowest BCUT2D eigenvalue weighted by atomic mass is 10.1. The summed E-state index contributed by atoms with van der Waals surface area (Å²) in [7, 11) is 0. The van der Waals surface area contributed by atoms with Crippen LogP contribution in [0.3, 0.4) is 0 Å². The van der Waals surface area contributed by atoms with Gasteiger partial charge in [-0.2, -0.15) is 0 Å². The summed E-state index contributed by atoms with van der Waals surface area (Å²) in [5.41, 5.74) is 0. The van der Waals surface area contributed by atoms with Crippen LogP contribution in [-0.4, -0.2) is 42.8 Å². The highest BCUT2D eigenvalue weighted by Gasteiger charge is 2.42. The number of carbonyl (C=O) groups excluding carboxylic acids is 3. The molecule has 1 saturated heterocycles.